The minimum Gasteiger partial charge on any atom is -0.495 e. The third-order valence-corrected chi connectivity index (χ3v) is 5.17. The summed E-state index contributed by atoms with van der Waals surface area (Å²) < 4.78 is 31.5. The molecule has 1 saturated heterocycles. The van der Waals surface area contributed by atoms with Crippen LogP contribution in [0.25, 0.3) is 0 Å². The summed E-state index contributed by atoms with van der Waals surface area (Å²) in [5.41, 5.74) is 6.09. The molecule has 0 spiro atoms. The summed E-state index contributed by atoms with van der Waals surface area (Å²) >= 11 is 0. The lowest BCUT2D eigenvalue weighted by atomic mass is 10.3. The number of ether oxygens (including phenoxy) is 1. The second-order valence-corrected chi connectivity index (χ2v) is 6.89. The van der Waals surface area contributed by atoms with E-state index >= 15 is 0 Å². The van der Waals surface area contributed by atoms with Crippen LogP contribution >= 0.6 is 0 Å². The Labute approximate surface area is 124 Å². The largest absolute Gasteiger partial charge is 0.495 e. The third kappa shape index (κ3) is 3.34. The number of sulfonamides is 1. The number of methoxy groups -OCH3 is 1. The van der Waals surface area contributed by atoms with Gasteiger partial charge >= 0.3 is 0 Å². The van der Waals surface area contributed by atoms with Gasteiger partial charge in [-0.15, -0.1) is 0 Å². The molecule has 1 aromatic carbocycles. The first-order chi connectivity index (χ1) is 9.84. The predicted octanol–water partition coefficient (Wildman–Crippen LogP) is 0.375. The molecule has 0 aromatic heterocycles. The van der Waals surface area contributed by atoms with Gasteiger partial charge in [-0.3, -0.25) is 4.79 Å². The summed E-state index contributed by atoms with van der Waals surface area (Å²) in [4.78, 5) is 11.3. The Hall–Kier alpha value is -1.64. The lowest BCUT2D eigenvalue weighted by Gasteiger charge is -2.17. The third-order valence-electron chi connectivity index (χ3n) is 3.31. The lowest BCUT2D eigenvalue weighted by Crippen LogP contribution is -2.32. The molecule has 1 aliphatic rings. The number of carbonyl (C=O) groups excluding carboxylic acids is 1. The van der Waals surface area contributed by atoms with Crippen LogP contribution in [0.15, 0.2) is 23.1 Å². The zero-order valence-corrected chi connectivity index (χ0v) is 12.8. The van der Waals surface area contributed by atoms with Gasteiger partial charge in [0, 0.05) is 26.1 Å². The highest BCUT2D eigenvalue weighted by molar-refractivity contribution is 7.89. The molecule has 1 aromatic rings. The number of amides is 1. The van der Waals surface area contributed by atoms with Crippen molar-refractivity contribution >= 4 is 21.6 Å². The van der Waals surface area contributed by atoms with Crippen molar-refractivity contribution in [1.82, 2.24) is 4.31 Å². The first-order valence-electron chi connectivity index (χ1n) is 6.56. The topological polar surface area (TPSA) is 102 Å². The van der Waals surface area contributed by atoms with Crippen molar-refractivity contribution in [2.75, 3.05) is 25.5 Å². The van der Waals surface area contributed by atoms with Crippen LogP contribution in [0.4, 0.5) is 5.69 Å². The van der Waals surface area contributed by atoms with E-state index in [4.69, 9.17) is 10.5 Å². The average molecular weight is 313 g/mol. The monoisotopic (exact) mass is 313 g/mol. The van der Waals surface area contributed by atoms with Crippen LogP contribution in [0.2, 0.25) is 0 Å². The zero-order chi connectivity index (χ0) is 15.6. The van der Waals surface area contributed by atoms with Crippen LogP contribution in [-0.4, -0.2) is 44.9 Å². The molecule has 7 nitrogen and oxygen atoms in total. The molecule has 1 aliphatic heterocycles. The molecule has 3 N–H and O–H groups in total. The van der Waals surface area contributed by atoms with Crippen LogP contribution in [0, 0.1) is 0 Å². The van der Waals surface area contributed by atoms with Gasteiger partial charge in [0.15, 0.2) is 0 Å². The van der Waals surface area contributed by atoms with E-state index in [1.54, 1.807) is 0 Å². The molecule has 0 bridgehead atoms. The van der Waals surface area contributed by atoms with E-state index in [2.05, 4.69) is 5.32 Å². The van der Waals surface area contributed by atoms with E-state index in [0.29, 0.717) is 30.9 Å². The number of benzene rings is 1. The van der Waals surface area contributed by atoms with E-state index in [1.807, 2.05) is 0 Å². The minimum atomic E-state index is -3.61. The summed E-state index contributed by atoms with van der Waals surface area (Å²) in [5, 5.41) is 2.56. The Morgan fingerprint density at radius 1 is 1.48 bits per heavy atom. The maximum absolute atomic E-state index is 12.5. The van der Waals surface area contributed by atoms with Crippen LogP contribution in [-0.2, 0) is 14.8 Å². The molecule has 1 atom stereocenters. The first-order valence-corrected chi connectivity index (χ1v) is 8.00. The van der Waals surface area contributed by atoms with Gasteiger partial charge < -0.3 is 15.8 Å². The standard InChI is InChI=1S/C13H19N3O4S/c1-9(17)15-12-7-11(3-4-13(12)20-2)21(18,19)16-6-5-10(14)8-16/h3-4,7,10H,5-6,8,14H2,1-2H3,(H,15,17)/t10-/m1/s1. The van der Waals surface area contributed by atoms with E-state index < -0.39 is 10.0 Å². The quantitative estimate of drug-likeness (QED) is 0.836. The van der Waals surface area contributed by atoms with E-state index in [9.17, 15) is 13.2 Å². The smallest absolute Gasteiger partial charge is 0.243 e. The normalized spacial score (nSPS) is 19.5. The molecule has 8 heteroatoms. The van der Waals surface area contributed by atoms with Gasteiger partial charge in [0.25, 0.3) is 0 Å². The second-order valence-electron chi connectivity index (χ2n) is 4.96. The predicted molar refractivity (Wildman–Crippen MR) is 78.6 cm³/mol. The maximum atomic E-state index is 12.5. The van der Waals surface area contributed by atoms with Gasteiger partial charge in [-0.1, -0.05) is 0 Å². The molecular weight excluding hydrogens is 294 g/mol. The number of nitrogens with two attached hydrogens (primary N) is 1. The van der Waals surface area contributed by atoms with Crippen LogP contribution in [0.3, 0.4) is 0 Å². The van der Waals surface area contributed by atoms with Gasteiger partial charge in [-0.05, 0) is 24.6 Å². The molecule has 116 valence electrons. The zero-order valence-electron chi connectivity index (χ0n) is 12.0. The SMILES string of the molecule is COc1ccc(S(=O)(=O)N2CC[C@@H](N)C2)cc1NC(C)=O. The van der Waals surface area contributed by atoms with E-state index in [0.717, 1.165) is 0 Å². The number of nitrogens with one attached hydrogen (secondary N) is 1. The van der Waals surface area contributed by atoms with Crippen molar-refractivity contribution in [3.8, 4) is 5.75 Å². The van der Waals surface area contributed by atoms with Crippen molar-refractivity contribution < 1.29 is 17.9 Å². The molecule has 0 saturated carbocycles. The van der Waals surface area contributed by atoms with Crippen LogP contribution < -0.4 is 15.8 Å². The summed E-state index contributed by atoms with van der Waals surface area (Å²) in [6.07, 6.45) is 0.647. The van der Waals surface area contributed by atoms with Gasteiger partial charge in [0.05, 0.1) is 17.7 Å². The average Bonchev–Trinajstić information content (AvgIpc) is 2.85. The van der Waals surface area contributed by atoms with Crippen molar-refractivity contribution in [2.24, 2.45) is 5.73 Å². The lowest BCUT2D eigenvalue weighted by molar-refractivity contribution is -0.114. The van der Waals surface area contributed by atoms with Crippen LogP contribution in [0.1, 0.15) is 13.3 Å². The van der Waals surface area contributed by atoms with Crippen LogP contribution in [0.5, 0.6) is 5.75 Å². The highest BCUT2D eigenvalue weighted by atomic mass is 32.2. The molecule has 2 rings (SSSR count). The highest BCUT2D eigenvalue weighted by Gasteiger charge is 2.31. The fourth-order valence-electron chi connectivity index (χ4n) is 2.26. The number of hydrogen-bond donors (Lipinski definition) is 2. The van der Waals surface area contributed by atoms with Crippen molar-refractivity contribution in [2.45, 2.75) is 24.3 Å². The fraction of sp³-hybridized carbons (Fsp3) is 0.462. The fourth-order valence-corrected chi connectivity index (χ4v) is 3.79. The van der Waals surface area contributed by atoms with Gasteiger partial charge in [0.2, 0.25) is 15.9 Å². The molecule has 0 radical (unpaired) electrons. The maximum Gasteiger partial charge on any atom is 0.243 e. The number of nitrogens with zero attached hydrogens (tertiary/aromatic N) is 1. The number of anilines is 1. The Morgan fingerprint density at radius 2 is 2.19 bits per heavy atom. The second kappa shape index (κ2) is 6.00. The Kier molecular flexibility index (Phi) is 4.50. The molecule has 1 fully saturated rings. The Bertz CT molecular complexity index is 645. The minimum absolute atomic E-state index is 0.112. The molecule has 1 amide bonds. The van der Waals surface area contributed by atoms with Gasteiger partial charge in [-0.25, -0.2) is 8.42 Å². The van der Waals surface area contributed by atoms with Gasteiger partial charge in [-0.2, -0.15) is 4.31 Å². The number of hydrogen-bond acceptors (Lipinski definition) is 5. The van der Waals surface area contributed by atoms with Crippen molar-refractivity contribution in [3.63, 3.8) is 0 Å². The molecule has 1 heterocycles. The summed E-state index contributed by atoms with van der Waals surface area (Å²) in [7, 11) is -2.16. The summed E-state index contributed by atoms with van der Waals surface area (Å²) in [6.45, 7) is 2.06. The summed E-state index contributed by atoms with van der Waals surface area (Å²) in [6, 6.07) is 4.25. The van der Waals surface area contributed by atoms with E-state index in [-0.39, 0.29) is 16.8 Å². The number of carbonyl (C=O) groups is 1. The summed E-state index contributed by atoms with van der Waals surface area (Å²) in [5.74, 6) is 0.105. The van der Waals surface area contributed by atoms with E-state index in [1.165, 1.54) is 36.5 Å². The molecular formula is C13H19N3O4S. The Balaban J connectivity index is 2.37. The highest BCUT2D eigenvalue weighted by Crippen LogP contribution is 2.29. The van der Waals surface area contributed by atoms with Crippen molar-refractivity contribution in [1.29, 1.82) is 0 Å². The molecule has 0 unspecified atom stereocenters. The van der Waals surface area contributed by atoms with Gasteiger partial charge in [0.1, 0.15) is 5.75 Å². The molecule has 0 aliphatic carbocycles. The van der Waals surface area contributed by atoms with Crippen molar-refractivity contribution in [3.05, 3.63) is 18.2 Å². The number of rotatable bonds is 4. The Morgan fingerprint density at radius 3 is 2.71 bits per heavy atom. The molecule has 21 heavy (non-hydrogen) atoms. The first kappa shape index (κ1) is 15.7.